The minimum Gasteiger partial charge on any atom is -0.356 e. The van der Waals surface area contributed by atoms with Crippen molar-refractivity contribution >= 4 is 5.96 Å². The second kappa shape index (κ2) is 10.7. The highest BCUT2D eigenvalue weighted by Crippen LogP contribution is 2.13. The molecule has 0 atom stereocenters. The van der Waals surface area contributed by atoms with Crippen LogP contribution in [0.5, 0.6) is 0 Å². The van der Waals surface area contributed by atoms with E-state index in [0.29, 0.717) is 18.6 Å². The number of aliphatic imine (C=N–C) groups is 1. The average molecular weight is 371 g/mol. The molecule has 0 fully saturated rings. The van der Waals surface area contributed by atoms with Gasteiger partial charge < -0.3 is 15.2 Å². The first-order valence-electron chi connectivity index (χ1n) is 9.79. The molecule has 148 valence electrons. The van der Waals surface area contributed by atoms with Crippen molar-refractivity contribution in [2.45, 2.75) is 52.7 Å². The lowest BCUT2D eigenvalue weighted by Crippen LogP contribution is -2.41. The number of guanidine groups is 1. The molecule has 2 aromatic rings. The van der Waals surface area contributed by atoms with Gasteiger partial charge in [-0.2, -0.15) is 0 Å². The largest absolute Gasteiger partial charge is 0.356 e. The maximum atomic E-state index is 4.34. The van der Waals surface area contributed by atoms with Gasteiger partial charge in [0.25, 0.3) is 0 Å². The van der Waals surface area contributed by atoms with Crippen LogP contribution in [-0.2, 0) is 6.54 Å². The first kappa shape index (κ1) is 21.0. The molecule has 6 nitrogen and oxygen atoms in total. The topological polar surface area (TPSA) is 57.5 Å². The summed E-state index contributed by atoms with van der Waals surface area (Å²) in [5, 5.41) is 6.83. The van der Waals surface area contributed by atoms with Crippen molar-refractivity contribution in [2.75, 3.05) is 20.1 Å². The molecule has 1 heterocycles. The third-order valence-corrected chi connectivity index (χ3v) is 4.66. The van der Waals surface area contributed by atoms with E-state index in [9.17, 15) is 0 Å². The van der Waals surface area contributed by atoms with Crippen molar-refractivity contribution in [2.24, 2.45) is 4.99 Å². The van der Waals surface area contributed by atoms with Crippen molar-refractivity contribution in [3.05, 3.63) is 48.5 Å². The molecule has 2 rings (SSSR count). The second-order valence-corrected chi connectivity index (χ2v) is 7.23. The quantitative estimate of drug-likeness (QED) is 0.405. The number of rotatable bonds is 9. The lowest BCUT2D eigenvalue weighted by Gasteiger charge is -2.30. The number of aromatic nitrogens is 2. The fourth-order valence-corrected chi connectivity index (χ4v) is 3.29. The van der Waals surface area contributed by atoms with E-state index in [1.54, 1.807) is 6.20 Å². The van der Waals surface area contributed by atoms with Crippen molar-refractivity contribution in [3.63, 3.8) is 0 Å². The van der Waals surface area contributed by atoms with Crippen LogP contribution in [0.1, 0.15) is 39.7 Å². The standard InChI is InChI=1S/C21H34N6/c1-17(2)27(18(3)4)13-8-11-24-21(22-5)25-15-19-9-6-7-10-20(19)26-14-12-23-16-26/h6-7,9-10,12,14,16-18H,8,11,13,15H2,1-5H3,(H2,22,24,25). The van der Waals surface area contributed by atoms with Crippen LogP contribution >= 0.6 is 0 Å². The Bertz CT molecular complexity index is 682. The van der Waals surface area contributed by atoms with Crippen molar-refractivity contribution in [1.82, 2.24) is 25.1 Å². The van der Waals surface area contributed by atoms with Gasteiger partial charge in [-0.05, 0) is 45.7 Å². The van der Waals surface area contributed by atoms with Gasteiger partial charge >= 0.3 is 0 Å². The number of imidazole rings is 1. The van der Waals surface area contributed by atoms with Crippen molar-refractivity contribution in [1.29, 1.82) is 0 Å². The summed E-state index contributed by atoms with van der Waals surface area (Å²) in [6, 6.07) is 9.46. The number of nitrogens with zero attached hydrogens (tertiary/aromatic N) is 4. The van der Waals surface area contributed by atoms with Gasteiger partial charge in [0.15, 0.2) is 5.96 Å². The predicted molar refractivity (Wildman–Crippen MR) is 113 cm³/mol. The number of hydrogen-bond acceptors (Lipinski definition) is 3. The average Bonchev–Trinajstić information content (AvgIpc) is 3.18. The first-order valence-corrected chi connectivity index (χ1v) is 9.79. The van der Waals surface area contributed by atoms with E-state index < -0.39 is 0 Å². The molecule has 1 aromatic carbocycles. The monoisotopic (exact) mass is 370 g/mol. The van der Waals surface area contributed by atoms with E-state index in [-0.39, 0.29) is 0 Å². The van der Waals surface area contributed by atoms with Gasteiger partial charge in [0.05, 0.1) is 12.0 Å². The van der Waals surface area contributed by atoms with Crippen LogP contribution < -0.4 is 10.6 Å². The minimum absolute atomic E-state index is 0.571. The molecule has 1 aromatic heterocycles. The Labute approximate surface area is 163 Å². The van der Waals surface area contributed by atoms with E-state index in [1.807, 2.05) is 30.2 Å². The highest BCUT2D eigenvalue weighted by Gasteiger charge is 2.12. The number of nitrogens with one attached hydrogen (secondary N) is 2. The Morgan fingerprint density at radius 2 is 1.89 bits per heavy atom. The predicted octanol–water partition coefficient (Wildman–Crippen LogP) is 3.05. The number of benzene rings is 1. The molecule has 0 aliphatic rings. The van der Waals surface area contributed by atoms with Crippen LogP contribution in [0.15, 0.2) is 48.0 Å². The van der Waals surface area contributed by atoms with Crippen LogP contribution in [0.3, 0.4) is 0 Å². The smallest absolute Gasteiger partial charge is 0.191 e. The molecule has 27 heavy (non-hydrogen) atoms. The summed E-state index contributed by atoms with van der Waals surface area (Å²) in [5.74, 6) is 0.830. The van der Waals surface area contributed by atoms with Crippen molar-refractivity contribution in [3.8, 4) is 5.69 Å². The second-order valence-electron chi connectivity index (χ2n) is 7.23. The van der Waals surface area contributed by atoms with Crippen molar-refractivity contribution < 1.29 is 0 Å². The zero-order chi connectivity index (χ0) is 19.6. The summed E-state index contributed by atoms with van der Waals surface area (Å²) in [5.41, 5.74) is 2.33. The van der Waals surface area contributed by atoms with Crippen LogP contribution in [-0.4, -0.2) is 52.6 Å². The summed E-state index contributed by atoms with van der Waals surface area (Å²) in [6.45, 7) is 11.7. The molecule has 0 amide bonds. The van der Waals surface area contributed by atoms with Gasteiger partial charge in [0.2, 0.25) is 0 Å². The molecule has 0 saturated carbocycles. The summed E-state index contributed by atoms with van der Waals surface area (Å²) in [7, 11) is 1.81. The van der Waals surface area contributed by atoms with E-state index >= 15 is 0 Å². The summed E-state index contributed by atoms with van der Waals surface area (Å²) in [4.78, 5) is 11.0. The van der Waals surface area contributed by atoms with Gasteiger partial charge in [0.1, 0.15) is 0 Å². The maximum absolute atomic E-state index is 4.34. The third kappa shape index (κ3) is 6.40. The molecule has 0 unspecified atom stereocenters. The summed E-state index contributed by atoms with van der Waals surface area (Å²) in [6.07, 6.45) is 6.66. The lowest BCUT2D eigenvalue weighted by atomic mass is 10.1. The molecular formula is C21H34N6. The molecule has 0 aliphatic carbocycles. The van der Waals surface area contributed by atoms with E-state index in [4.69, 9.17) is 0 Å². The highest BCUT2D eigenvalue weighted by molar-refractivity contribution is 5.79. The highest BCUT2D eigenvalue weighted by atomic mass is 15.2. The minimum atomic E-state index is 0.571. The van der Waals surface area contributed by atoms with Gasteiger partial charge in [-0.15, -0.1) is 0 Å². The third-order valence-electron chi connectivity index (χ3n) is 4.66. The summed E-state index contributed by atoms with van der Waals surface area (Å²) < 4.78 is 2.03. The fourth-order valence-electron chi connectivity index (χ4n) is 3.29. The molecule has 0 radical (unpaired) electrons. The van der Waals surface area contributed by atoms with Gasteiger partial charge in [-0.3, -0.25) is 9.89 Å². The molecule has 0 aliphatic heterocycles. The Morgan fingerprint density at radius 3 is 2.52 bits per heavy atom. The van der Waals surface area contributed by atoms with Gasteiger partial charge in [-0.25, -0.2) is 4.98 Å². The zero-order valence-corrected chi connectivity index (χ0v) is 17.3. The number of para-hydroxylation sites is 1. The molecule has 2 N–H and O–H groups in total. The van der Waals surface area contributed by atoms with Crippen LogP contribution in [0, 0.1) is 0 Å². The fraction of sp³-hybridized carbons (Fsp3) is 0.524. The molecule has 6 heteroatoms. The SMILES string of the molecule is CN=C(NCCCN(C(C)C)C(C)C)NCc1ccccc1-n1ccnc1. The van der Waals surface area contributed by atoms with E-state index in [2.05, 4.69) is 71.4 Å². The zero-order valence-electron chi connectivity index (χ0n) is 17.3. The van der Waals surface area contributed by atoms with Gasteiger partial charge in [0, 0.05) is 51.2 Å². The lowest BCUT2D eigenvalue weighted by molar-refractivity contribution is 0.173. The maximum Gasteiger partial charge on any atom is 0.191 e. The Hall–Kier alpha value is -2.34. The van der Waals surface area contributed by atoms with Crippen LogP contribution in [0.25, 0.3) is 5.69 Å². The first-order chi connectivity index (χ1) is 13.0. The molecule has 0 bridgehead atoms. The van der Waals surface area contributed by atoms with Crippen LogP contribution in [0.2, 0.25) is 0 Å². The van der Waals surface area contributed by atoms with E-state index in [0.717, 1.165) is 31.2 Å². The van der Waals surface area contributed by atoms with E-state index in [1.165, 1.54) is 5.56 Å². The van der Waals surface area contributed by atoms with Gasteiger partial charge in [-0.1, -0.05) is 18.2 Å². The molecule has 0 spiro atoms. The Balaban J connectivity index is 1.83. The Kier molecular flexibility index (Phi) is 8.33. The Morgan fingerprint density at radius 1 is 1.15 bits per heavy atom. The molecule has 0 saturated heterocycles. The number of hydrogen-bond donors (Lipinski definition) is 2. The molecular weight excluding hydrogens is 336 g/mol. The normalized spacial score (nSPS) is 12.2. The summed E-state index contributed by atoms with van der Waals surface area (Å²) >= 11 is 0. The van der Waals surface area contributed by atoms with Crippen LogP contribution in [0.4, 0.5) is 0 Å².